The van der Waals surface area contributed by atoms with Gasteiger partial charge in [0.15, 0.2) is 0 Å². The molecule has 1 aliphatic heterocycles. The molecule has 0 N–H and O–H groups in total. The lowest BCUT2D eigenvalue weighted by Crippen LogP contribution is -2.41. The molecule has 1 aliphatic rings. The highest BCUT2D eigenvalue weighted by molar-refractivity contribution is 5.68. The van der Waals surface area contributed by atoms with Gasteiger partial charge in [0, 0.05) is 31.2 Å². The van der Waals surface area contributed by atoms with Crippen LogP contribution in [0.5, 0.6) is 0 Å². The molecule has 2 heterocycles. The minimum atomic E-state index is -0.439. The van der Waals surface area contributed by atoms with E-state index in [4.69, 9.17) is 4.74 Å². The van der Waals surface area contributed by atoms with E-state index in [-0.39, 0.29) is 6.09 Å². The van der Waals surface area contributed by atoms with Crippen molar-refractivity contribution >= 4 is 6.09 Å². The van der Waals surface area contributed by atoms with Crippen molar-refractivity contribution in [2.45, 2.75) is 59.0 Å². The van der Waals surface area contributed by atoms with Gasteiger partial charge in [-0.25, -0.2) is 9.78 Å². The second kappa shape index (κ2) is 7.14. The number of carbonyl (C=O) groups is 1. The molecule has 1 fully saturated rings. The van der Waals surface area contributed by atoms with Crippen molar-refractivity contribution in [3.63, 3.8) is 0 Å². The second-order valence-electron chi connectivity index (χ2n) is 8.13. The zero-order valence-electron chi connectivity index (χ0n) is 16.5. The number of benzene rings is 1. The minimum absolute atomic E-state index is 0.196. The first-order chi connectivity index (χ1) is 12.2. The van der Waals surface area contributed by atoms with E-state index in [1.54, 1.807) is 0 Å². The average Bonchev–Trinajstić information content (AvgIpc) is 2.99. The van der Waals surface area contributed by atoms with Gasteiger partial charge in [0.05, 0.1) is 0 Å². The normalized spacial score (nSPS) is 16.0. The molecule has 0 bridgehead atoms. The van der Waals surface area contributed by atoms with Crippen LogP contribution in [0.25, 0.3) is 5.69 Å². The summed E-state index contributed by atoms with van der Waals surface area (Å²) in [6.07, 6.45) is 5.57. The number of amides is 1. The summed E-state index contributed by atoms with van der Waals surface area (Å²) in [6.45, 7) is 11.4. The topological polar surface area (TPSA) is 47.4 Å². The maximum absolute atomic E-state index is 12.2. The van der Waals surface area contributed by atoms with Crippen LogP contribution in [0.1, 0.15) is 56.5 Å². The largest absolute Gasteiger partial charge is 0.444 e. The third kappa shape index (κ3) is 4.09. The Hall–Kier alpha value is -2.30. The molecule has 0 saturated carbocycles. The summed E-state index contributed by atoms with van der Waals surface area (Å²) in [6, 6.07) is 6.62. The number of carbonyl (C=O) groups excluding carboxylic acids is 1. The number of aromatic nitrogens is 2. The first-order valence-corrected chi connectivity index (χ1v) is 9.33. The molecule has 2 aromatic rings. The quantitative estimate of drug-likeness (QED) is 0.791. The number of nitrogens with zero attached hydrogens (tertiary/aromatic N) is 3. The Balaban J connectivity index is 1.66. The minimum Gasteiger partial charge on any atom is -0.444 e. The SMILES string of the molecule is Cc1cc(-n2ccnc2C)ccc1C1CCN(C(=O)OC(C)(C)C)CC1. The summed E-state index contributed by atoms with van der Waals surface area (Å²) in [4.78, 5) is 18.4. The number of likely N-dealkylation sites (tertiary alicyclic amines) is 1. The van der Waals surface area contributed by atoms with Crippen molar-refractivity contribution in [3.8, 4) is 5.69 Å². The lowest BCUT2D eigenvalue weighted by atomic mass is 9.87. The van der Waals surface area contributed by atoms with Crippen LogP contribution >= 0.6 is 0 Å². The van der Waals surface area contributed by atoms with Crippen molar-refractivity contribution in [2.75, 3.05) is 13.1 Å². The van der Waals surface area contributed by atoms with E-state index in [9.17, 15) is 4.79 Å². The molecule has 0 radical (unpaired) electrons. The maximum Gasteiger partial charge on any atom is 0.410 e. The molecule has 0 unspecified atom stereocenters. The van der Waals surface area contributed by atoms with Crippen molar-refractivity contribution in [1.82, 2.24) is 14.5 Å². The number of hydrogen-bond donors (Lipinski definition) is 0. The summed E-state index contributed by atoms with van der Waals surface area (Å²) >= 11 is 0. The molecule has 5 heteroatoms. The zero-order valence-corrected chi connectivity index (χ0v) is 16.5. The van der Waals surface area contributed by atoms with Gasteiger partial charge >= 0.3 is 6.09 Å². The van der Waals surface area contributed by atoms with Gasteiger partial charge in [0.1, 0.15) is 11.4 Å². The zero-order chi connectivity index (χ0) is 18.9. The van der Waals surface area contributed by atoms with E-state index < -0.39 is 5.60 Å². The highest BCUT2D eigenvalue weighted by Crippen LogP contribution is 2.32. The van der Waals surface area contributed by atoms with Crippen molar-refractivity contribution < 1.29 is 9.53 Å². The molecule has 26 heavy (non-hydrogen) atoms. The van der Waals surface area contributed by atoms with Gasteiger partial charge in [-0.05, 0) is 76.6 Å². The number of piperidine rings is 1. The first kappa shape index (κ1) is 18.5. The van der Waals surface area contributed by atoms with Crippen LogP contribution in [0.15, 0.2) is 30.6 Å². The van der Waals surface area contributed by atoms with Crippen LogP contribution in [-0.2, 0) is 4.74 Å². The van der Waals surface area contributed by atoms with Crippen molar-refractivity contribution in [1.29, 1.82) is 0 Å². The number of hydrogen-bond acceptors (Lipinski definition) is 3. The molecule has 5 nitrogen and oxygen atoms in total. The maximum atomic E-state index is 12.2. The molecule has 1 aromatic heterocycles. The Morgan fingerprint density at radius 3 is 2.42 bits per heavy atom. The highest BCUT2D eigenvalue weighted by atomic mass is 16.6. The molecule has 1 saturated heterocycles. The van der Waals surface area contributed by atoms with Gasteiger partial charge in [-0.1, -0.05) is 6.07 Å². The summed E-state index contributed by atoms with van der Waals surface area (Å²) in [5.74, 6) is 1.48. The molecule has 0 spiro atoms. The Bertz CT molecular complexity index is 781. The lowest BCUT2D eigenvalue weighted by molar-refractivity contribution is 0.0205. The van der Waals surface area contributed by atoms with Gasteiger partial charge in [0.2, 0.25) is 0 Å². The smallest absolute Gasteiger partial charge is 0.410 e. The fourth-order valence-corrected chi connectivity index (χ4v) is 3.62. The molecular weight excluding hydrogens is 326 g/mol. The predicted molar refractivity (Wildman–Crippen MR) is 103 cm³/mol. The summed E-state index contributed by atoms with van der Waals surface area (Å²) in [5, 5.41) is 0. The second-order valence-corrected chi connectivity index (χ2v) is 8.13. The van der Waals surface area contributed by atoms with Gasteiger partial charge < -0.3 is 14.2 Å². The fraction of sp³-hybridized carbons (Fsp3) is 0.524. The first-order valence-electron chi connectivity index (χ1n) is 9.33. The van der Waals surface area contributed by atoms with Gasteiger partial charge in [-0.15, -0.1) is 0 Å². The van der Waals surface area contributed by atoms with E-state index in [1.807, 2.05) is 45.0 Å². The number of rotatable bonds is 2. The molecule has 0 aliphatic carbocycles. The third-order valence-corrected chi connectivity index (χ3v) is 4.94. The summed E-state index contributed by atoms with van der Waals surface area (Å²) < 4.78 is 7.59. The Kier molecular flexibility index (Phi) is 5.08. The fourth-order valence-electron chi connectivity index (χ4n) is 3.62. The molecule has 3 rings (SSSR count). The average molecular weight is 355 g/mol. The monoisotopic (exact) mass is 355 g/mol. The standard InChI is InChI=1S/C21H29N3O2/c1-15-14-18(24-13-10-22-16(24)2)6-7-19(15)17-8-11-23(12-9-17)20(25)26-21(3,4)5/h6-7,10,13-14,17H,8-9,11-12H2,1-5H3. The van der Waals surface area contributed by atoms with E-state index in [0.717, 1.165) is 37.4 Å². The molecule has 0 atom stereocenters. The molecular formula is C21H29N3O2. The Labute approximate surface area is 156 Å². The van der Waals surface area contributed by atoms with E-state index in [1.165, 1.54) is 11.1 Å². The highest BCUT2D eigenvalue weighted by Gasteiger charge is 2.28. The van der Waals surface area contributed by atoms with Crippen LogP contribution in [0, 0.1) is 13.8 Å². The van der Waals surface area contributed by atoms with Crippen LogP contribution < -0.4 is 0 Å². The van der Waals surface area contributed by atoms with E-state index in [2.05, 4.69) is 34.7 Å². The molecule has 1 aromatic carbocycles. The number of imidazole rings is 1. The van der Waals surface area contributed by atoms with Crippen molar-refractivity contribution in [2.24, 2.45) is 0 Å². The van der Waals surface area contributed by atoms with E-state index >= 15 is 0 Å². The van der Waals surface area contributed by atoms with E-state index in [0.29, 0.717) is 5.92 Å². The van der Waals surface area contributed by atoms with Crippen LogP contribution in [0.2, 0.25) is 0 Å². The number of ether oxygens (including phenoxy) is 1. The predicted octanol–water partition coefficient (Wildman–Crippen LogP) is 4.60. The van der Waals surface area contributed by atoms with Crippen LogP contribution in [0.4, 0.5) is 4.79 Å². The lowest BCUT2D eigenvalue weighted by Gasteiger charge is -2.34. The van der Waals surface area contributed by atoms with Gasteiger partial charge in [-0.3, -0.25) is 0 Å². The molecule has 1 amide bonds. The third-order valence-electron chi connectivity index (χ3n) is 4.94. The van der Waals surface area contributed by atoms with Crippen LogP contribution in [-0.4, -0.2) is 39.2 Å². The van der Waals surface area contributed by atoms with Crippen molar-refractivity contribution in [3.05, 3.63) is 47.5 Å². The van der Waals surface area contributed by atoms with Gasteiger partial charge in [0.25, 0.3) is 0 Å². The Morgan fingerprint density at radius 2 is 1.88 bits per heavy atom. The van der Waals surface area contributed by atoms with Gasteiger partial charge in [-0.2, -0.15) is 0 Å². The van der Waals surface area contributed by atoms with Crippen LogP contribution in [0.3, 0.4) is 0 Å². The summed E-state index contributed by atoms with van der Waals surface area (Å²) in [5.41, 5.74) is 3.39. The molecule has 140 valence electrons. The Morgan fingerprint density at radius 1 is 1.19 bits per heavy atom. The summed E-state index contributed by atoms with van der Waals surface area (Å²) in [7, 11) is 0. The number of aryl methyl sites for hydroxylation is 2.